The van der Waals surface area contributed by atoms with E-state index in [4.69, 9.17) is 0 Å². The number of piperidine rings is 1. The molecule has 2 heterocycles. The average Bonchev–Trinajstić information content (AvgIpc) is 2.89. The van der Waals surface area contributed by atoms with E-state index in [2.05, 4.69) is 38.1 Å². The van der Waals surface area contributed by atoms with Gasteiger partial charge in [0.25, 0.3) is 0 Å². The molecule has 2 saturated heterocycles. The lowest BCUT2D eigenvalue weighted by atomic mass is 9.89. The van der Waals surface area contributed by atoms with Crippen LogP contribution in [-0.4, -0.2) is 43.5 Å². The molecule has 2 fully saturated rings. The zero-order valence-corrected chi connectivity index (χ0v) is 14.8. The van der Waals surface area contributed by atoms with Gasteiger partial charge in [0.2, 0.25) is 5.91 Å². The molecule has 2 N–H and O–H groups in total. The summed E-state index contributed by atoms with van der Waals surface area (Å²) < 4.78 is 1.08. The molecule has 116 valence electrons. The topological polar surface area (TPSA) is 44.4 Å². The fraction of sp³-hybridized carbons (Fsp3) is 0.533. The highest BCUT2D eigenvalue weighted by Gasteiger charge is 2.33. The van der Waals surface area contributed by atoms with Crippen LogP contribution in [0.4, 0.5) is 5.69 Å². The maximum absolute atomic E-state index is 12.2. The molecule has 0 radical (unpaired) electrons. The molecule has 0 bridgehead atoms. The van der Waals surface area contributed by atoms with Crippen molar-refractivity contribution in [3.05, 3.63) is 27.8 Å². The molecule has 2 unspecified atom stereocenters. The molecule has 0 aromatic heterocycles. The number of rotatable bonds is 3. The largest absolute Gasteiger partial charge is 0.324 e. The lowest BCUT2D eigenvalue weighted by molar-refractivity contribution is -0.117. The van der Waals surface area contributed by atoms with Crippen molar-refractivity contribution >= 4 is 46.6 Å². The summed E-state index contributed by atoms with van der Waals surface area (Å²) in [7, 11) is 0. The predicted molar refractivity (Wildman–Crippen MR) is 95.9 cm³/mol. The predicted octanol–water partition coefficient (Wildman–Crippen LogP) is 2.19. The molecule has 1 aromatic rings. The van der Waals surface area contributed by atoms with Crippen LogP contribution in [0.2, 0.25) is 0 Å². The van der Waals surface area contributed by atoms with Crippen LogP contribution in [0.15, 0.2) is 24.3 Å². The maximum Gasteiger partial charge on any atom is 0.238 e. The number of benzene rings is 1. The second kappa shape index (κ2) is 7.76. The molecule has 0 spiro atoms. The lowest BCUT2D eigenvalue weighted by Gasteiger charge is -2.33. The van der Waals surface area contributed by atoms with Gasteiger partial charge < -0.3 is 10.6 Å². The number of carbonyl (C=O) groups excluding carboxylic acids is 1. The molecule has 0 aliphatic carbocycles. The Labute approximate surface area is 145 Å². The molecular weight excluding hydrogens is 401 g/mol. The number of carbonyl (C=O) groups is 1. The first-order valence-corrected chi connectivity index (χ1v) is 8.27. The highest BCUT2D eigenvalue weighted by atomic mass is 127. The van der Waals surface area contributed by atoms with E-state index in [9.17, 15) is 4.79 Å². The molecule has 6 heteroatoms. The Morgan fingerprint density at radius 3 is 2.90 bits per heavy atom. The summed E-state index contributed by atoms with van der Waals surface area (Å²) in [5.74, 6) is 1.65. The quantitative estimate of drug-likeness (QED) is 0.736. The monoisotopic (exact) mass is 421 g/mol. The number of anilines is 1. The second-order valence-corrected chi connectivity index (χ2v) is 6.89. The third-order valence-corrected chi connectivity index (χ3v) is 5.24. The molecule has 1 amide bonds. The summed E-state index contributed by atoms with van der Waals surface area (Å²) in [5.41, 5.74) is 0.913. The van der Waals surface area contributed by atoms with Crippen LogP contribution in [0.5, 0.6) is 0 Å². The van der Waals surface area contributed by atoms with Gasteiger partial charge in [-0.15, -0.1) is 12.4 Å². The summed E-state index contributed by atoms with van der Waals surface area (Å²) in [6.07, 6.45) is 1.22. The molecule has 2 aliphatic heterocycles. The van der Waals surface area contributed by atoms with E-state index < -0.39 is 0 Å². The fourth-order valence-corrected chi connectivity index (χ4v) is 3.73. The molecule has 0 saturated carbocycles. The van der Waals surface area contributed by atoms with Crippen molar-refractivity contribution in [1.29, 1.82) is 0 Å². The molecule has 2 atom stereocenters. The number of hydrogen-bond donors (Lipinski definition) is 2. The Morgan fingerprint density at radius 2 is 2.10 bits per heavy atom. The van der Waals surface area contributed by atoms with Crippen molar-refractivity contribution in [2.75, 3.05) is 38.0 Å². The van der Waals surface area contributed by atoms with Crippen LogP contribution in [0, 0.1) is 15.4 Å². The Balaban J connectivity index is 0.00000161. The number of likely N-dealkylation sites (tertiary alicyclic amines) is 1. The minimum Gasteiger partial charge on any atom is -0.324 e. The maximum atomic E-state index is 12.2. The second-order valence-electron chi connectivity index (χ2n) is 5.73. The zero-order chi connectivity index (χ0) is 13.9. The number of hydrogen-bond acceptors (Lipinski definition) is 3. The first kappa shape index (κ1) is 17.0. The Bertz CT molecular complexity index is 500. The van der Waals surface area contributed by atoms with E-state index in [1.54, 1.807) is 0 Å². The molecule has 1 aromatic carbocycles. The van der Waals surface area contributed by atoms with Gasteiger partial charge in [0.1, 0.15) is 0 Å². The van der Waals surface area contributed by atoms with Crippen LogP contribution in [0.25, 0.3) is 0 Å². The Hall–Kier alpha value is -0.370. The normalized spacial score (nSPS) is 25.0. The molecule has 4 nitrogen and oxygen atoms in total. The van der Waals surface area contributed by atoms with Crippen LogP contribution in [0.3, 0.4) is 0 Å². The van der Waals surface area contributed by atoms with Gasteiger partial charge in [-0.05, 0) is 72.6 Å². The van der Waals surface area contributed by atoms with E-state index in [1.807, 2.05) is 24.3 Å². The number of para-hydroxylation sites is 1. The van der Waals surface area contributed by atoms with Gasteiger partial charge in [-0.1, -0.05) is 12.1 Å². The van der Waals surface area contributed by atoms with Gasteiger partial charge in [-0.25, -0.2) is 0 Å². The molecular formula is C15H21ClIN3O. The number of amides is 1. The van der Waals surface area contributed by atoms with Gasteiger partial charge in [0.05, 0.1) is 12.2 Å². The number of nitrogens with zero attached hydrogens (tertiary/aromatic N) is 1. The summed E-state index contributed by atoms with van der Waals surface area (Å²) in [5, 5.41) is 6.47. The fourth-order valence-electron chi connectivity index (χ4n) is 3.21. The van der Waals surface area contributed by atoms with Crippen molar-refractivity contribution in [2.45, 2.75) is 6.42 Å². The zero-order valence-electron chi connectivity index (χ0n) is 11.8. The summed E-state index contributed by atoms with van der Waals surface area (Å²) >= 11 is 2.25. The van der Waals surface area contributed by atoms with E-state index in [0.29, 0.717) is 6.54 Å². The Kier molecular flexibility index (Phi) is 6.28. The van der Waals surface area contributed by atoms with Gasteiger partial charge in [-0.3, -0.25) is 9.69 Å². The summed E-state index contributed by atoms with van der Waals surface area (Å²) in [4.78, 5) is 14.4. The number of nitrogens with one attached hydrogen (secondary N) is 2. The van der Waals surface area contributed by atoms with Crippen molar-refractivity contribution in [2.24, 2.45) is 11.8 Å². The standard InChI is InChI=1S/C15H20IN3O.ClH/c16-13-3-1-2-4-14(13)18-15(20)10-19-6-5-11-7-17-8-12(11)9-19;/h1-4,11-12,17H,5-10H2,(H,18,20);1H. The molecule has 2 aliphatic rings. The molecule has 3 rings (SSSR count). The van der Waals surface area contributed by atoms with Crippen molar-refractivity contribution in [3.8, 4) is 0 Å². The van der Waals surface area contributed by atoms with Gasteiger partial charge in [0, 0.05) is 10.1 Å². The van der Waals surface area contributed by atoms with Gasteiger partial charge >= 0.3 is 0 Å². The van der Waals surface area contributed by atoms with Crippen LogP contribution >= 0.6 is 35.0 Å². The highest BCUT2D eigenvalue weighted by Crippen LogP contribution is 2.26. The van der Waals surface area contributed by atoms with E-state index in [1.165, 1.54) is 6.42 Å². The van der Waals surface area contributed by atoms with E-state index in [0.717, 1.165) is 47.3 Å². The van der Waals surface area contributed by atoms with E-state index in [-0.39, 0.29) is 18.3 Å². The van der Waals surface area contributed by atoms with Gasteiger partial charge in [-0.2, -0.15) is 0 Å². The van der Waals surface area contributed by atoms with Gasteiger partial charge in [0.15, 0.2) is 0 Å². The SMILES string of the molecule is Cl.O=C(CN1CCC2CNCC2C1)Nc1ccccc1I. The minimum absolute atomic E-state index is 0. The van der Waals surface area contributed by atoms with Crippen molar-refractivity contribution in [1.82, 2.24) is 10.2 Å². The first-order chi connectivity index (χ1) is 9.72. The third-order valence-electron chi connectivity index (χ3n) is 4.30. The number of halogens is 2. The first-order valence-electron chi connectivity index (χ1n) is 7.20. The third kappa shape index (κ3) is 4.31. The molecule has 21 heavy (non-hydrogen) atoms. The summed E-state index contributed by atoms with van der Waals surface area (Å²) in [6, 6.07) is 7.89. The van der Waals surface area contributed by atoms with Crippen LogP contribution < -0.4 is 10.6 Å². The number of fused-ring (bicyclic) bond motifs is 1. The van der Waals surface area contributed by atoms with E-state index >= 15 is 0 Å². The van der Waals surface area contributed by atoms with Crippen molar-refractivity contribution < 1.29 is 4.79 Å². The Morgan fingerprint density at radius 1 is 1.33 bits per heavy atom. The highest BCUT2D eigenvalue weighted by molar-refractivity contribution is 14.1. The smallest absolute Gasteiger partial charge is 0.238 e. The van der Waals surface area contributed by atoms with Crippen LogP contribution in [0.1, 0.15) is 6.42 Å². The van der Waals surface area contributed by atoms with Crippen LogP contribution in [-0.2, 0) is 4.79 Å². The lowest BCUT2D eigenvalue weighted by Crippen LogP contribution is -2.43. The summed E-state index contributed by atoms with van der Waals surface area (Å²) in [6.45, 7) is 4.87. The minimum atomic E-state index is 0. The average molecular weight is 422 g/mol. The van der Waals surface area contributed by atoms with Crippen molar-refractivity contribution in [3.63, 3.8) is 0 Å².